The van der Waals surface area contributed by atoms with Crippen molar-refractivity contribution in [1.82, 2.24) is 15.5 Å². The number of fused-ring (bicyclic) bond motifs is 1. The zero-order valence-electron chi connectivity index (χ0n) is 12.2. The van der Waals surface area contributed by atoms with E-state index >= 15 is 0 Å². The molecule has 0 bridgehead atoms. The van der Waals surface area contributed by atoms with Gasteiger partial charge in [0, 0.05) is 6.20 Å². The van der Waals surface area contributed by atoms with Crippen LogP contribution in [-0.4, -0.2) is 16.7 Å². The third kappa shape index (κ3) is 3.09. The zero-order valence-corrected chi connectivity index (χ0v) is 12.2. The first-order valence-corrected chi connectivity index (χ1v) is 7.37. The first kappa shape index (κ1) is 13.7. The van der Waals surface area contributed by atoms with Crippen LogP contribution in [0.25, 0.3) is 10.8 Å². The summed E-state index contributed by atoms with van der Waals surface area (Å²) in [5.74, 6) is 0. The molecule has 106 valence electrons. The highest BCUT2D eigenvalue weighted by Gasteiger charge is 2.13. The maximum Gasteiger partial charge on any atom is 0.0593 e. The molecular weight excluding hydrogens is 258 g/mol. The fraction of sp³-hybridized carbons (Fsp3) is 0.222. The molecule has 0 fully saturated rings. The van der Waals surface area contributed by atoms with Gasteiger partial charge in [-0.05, 0) is 47.0 Å². The highest BCUT2D eigenvalue weighted by molar-refractivity contribution is 5.83. The number of aromatic nitrogens is 2. The van der Waals surface area contributed by atoms with Gasteiger partial charge in [-0.15, -0.1) is 0 Å². The van der Waals surface area contributed by atoms with Crippen LogP contribution >= 0.6 is 0 Å². The second kappa shape index (κ2) is 6.46. The van der Waals surface area contributed by atoms with Crippen LogP contribution in [0.15, 0.2) is 60.9 Å². The third-order valence-electron chi connectivity index (χ3n) is 3.65. The second-order valence-electron chi connectivity index (χ2n) is 5.17. The van der Waals surface area contributed by atoms with E-state index < -0.39 is 0 Å². The Bertz CT molecular complexity index is 710. The van der Waals surface area contributed by atoms with Crippen molar-refractivity contribution in [1.29, 1.82) is 0 Å². The molecule has 0 saturated carbocycles. The maximum atomic E-state index is 4.01. The zero-order chi connectivity index (χ0) is 14.5. The van der Waals surface area contributed by atoms with Crippen LogP contribution in [-0.2, 0) is 0 Å². The summed E-state index contributed by atoms with van der Waals surface area (Å²) >= 11 is 0. The quantitative estimate of drug-likeness (QED) is 0.772. The second-order valence-corrected chi connectivity index (χ2v) is 5.17. The van der Waals surface area contributed by atoms with Crippen LogP contribution in [0.1, 0.15) is 30.5 Å². The number of nitrogens with zero attached hydrogens (tertiary/aromatic N) is 2. The van der Waals surface area contributed by atoms with Crippen LogP contribution in [0.2, 0.25) is 0 Å². The molecule has 1 heterocycles. The molecule has 1 unspecified atom stereocenters. The Morgan fingerprint density at radius 3 is 2.57 bits per heavy atom. The van der Waals surface area contributed by atoms with Crippen LogP contribution in [0.4, 0.5) is 0 Å². The fourth-order valence-corrected chi connectivity index (χ4v) is 2.58. The van der Waals surface area contributed by atoms with E-state index in [-0.39, 0.29) is 6.04 Å². The van der Waals surface area contributed by atoms with Gasteiger partial charge in [-0.2, -0.15) is 10.2 Å². The van der Waals surface area contributed by atoms with Gasteiger partial charge < -0.3 is 5.32 Å². The SMILES string of the molecule is CCCNC(c1ccnnc1)c1ccc2ccccc2c1. The van der Waals surface area contributed by atoms with Gasteiger partial charge in [-0.3, -0.25) is 0 Å². The Morgan fingerprint density at radius 1 is 0.952 bits per heavy atom. The molecule has 1 atom stereocenters. The molecule has 0 radical (unpaired) electrons. The highest BCUT2D eigenvalue weighted by Crippen LogP contribution is 2.25. The summed E-state index contributed by atoms with van der Waals surface area (Å²) in [4.78, 5) is 0. The molecule has 0 aliphatic heterocycles. The van der Waals surface area contributed by atoms with Crippen molar-refractivity contribution in [3.63, 3.8) is 0 Å². The van der Waals surface area contributed by atoms with Gasteiger partial charge in [0.05, 0.1) is 12.2 Å². The minimum Gasteiger partial charge on any atom is -0.306 e. The van der Waals surface area contributed by atoms with Gasteiger partial charge in [-0.1, -0.05) is 43.3 Å². The van der Waals surface area contributed by atoms with Gasteiger partial charge in [-0.25, -0.2) is 0 Å². The minimum atomic E-state index is 0.157. The van der Waals surface area contributed by atoms with Crippen LogP contribution < -0.4 is 5.32 Å². The molecule has 0 amide bonds. The number of hydrogen-bond acceptors (Lipinski definition) is 3. The average molecular weight is 277 g/mol. The van der Waals surface area contributed by atoms with Crippen molar-refractivity contribution in [2.24, 2.45) is 0 Å². The van der Waals surface area contributed by atoms with Crippen molar-refractivity contribution in [3.8, 4) is 0 Å². The first-order valence-electron chi connectivity index (χ1n) is 7.37. The molecule has 0 aliphatic rings. The molecule has 0 spiro atoms. The van der Waals surface area contributed by atoms with Crippen LogP contribution in [0.5, 0.6) is 0 Å². The van der Waals surface area contributed by atoms with Gasteiger partial charge in [0.2, 0.25) is 0 Å². The summed E-state index contributed by atoms with van der Waals surface area (Å²) < 4.78 is 0. The predicted octanol–water partition coefficient (Wildman–Crippen LogP) is 3.72. The molecule has 3 rings (SSSR count). The molecule has 0 aliphatic carbocycles. The lowest BCUT2D eigenvalue weighted by Gasteiger charge is -2.19. The lowest BCUT2D eigenvalue weighted by molar-refractivity contribution is 0.596. The summed E-state index contributed by atoms with van der Waals surface area (Å²) in [6.45, 7) is 3.15. The molecule has 2 aromatic carbocycles. The summed E-state index contributed by atoms with van der Waals surface area (Å²) in [5, 5.41) is 14.0. The normalized spacial score (nSPS) is 12.4. The first-order chi connectivity index (χ1) is 10.4. The monoisotopic (exact) mass is 277 g/mol. The Hall–Kier alpha value is -2.26. The molecular formula is C18H19N3. The predicted molar refractivity (Wildman–Crippen MR) is 86.1 cm³/mol. The lowest BCUT2D eigenvalue weighted by Crippen LogP contribution is -2.23. The standard InChI is InChI=1S/C18H19N3/c1-2-10-19-18(17-9-11-20-21-13-17)16-8-7-14-5-3-4-6-15(14)12-16/h3-9,11-13,18-19H,2,10H2,1H3. The summed E-state index contributed by atoms with van der Waals surface area (Å²) in [7, 11) is 0. The molecule has 0 saturated heterocycles. The Labute approximate surface area is 125 Å². The fourth-order valence-electron chi connectivity index (χ4n) is 2.58. The molecule has 3 aromatic rings. The van der Waals surface area contributed by atoms with E-state index in [1.54, 1.807) is 6.20 Å². The lowest BCUT2D eigenvalue weighted by atomic mass is 9.97. The van der Waals surface area contributed by atoms with Crippen molar-refractivity contribution >= 4 is 10.8 Å². The van der Waals surface area contributed by atoms with Gasteiger partial charge in [0.15, 0.2) is 0 Å². The maximum absolute atomic E-state index is 4.01. The largest absolute Gasteiger partial charge is 0.306 e. The number of rotatable bonds is 5. The van der Waals surface area contributed by atoms with E-state index in [9.17, 15) is 0 Å². The van der Waals surface area contributed by atoms with Crippen LogP contribution in [0, 0.1) is 0 Å². The summed E-state index contributed by atoms with van der Waals surface area (Å²) in [5.41, 5.74) is 2.41. The smallest absolute Gasteiger partial charge is 0.0593 e. The van der Waals surface area contributed by atoms with Crippen molar-refractivity contribution < 1.29 is 0 Å². The van der Waals surface area contributed by atoms with E-state index in [4.69, 9.17) is 0 Å². The summed E-state index contributed by atoms with van der Waals surface area (Å²) in [6, 6.07) is 17.2. The highest BCUT2D eigenvalue weighted by atomic mass is 15.1. The van der Waals surface area contributed by atoms with Crippen molar-refractivity contribution in [2.75, 3.05) is 6.54 Å². The van der Waals surface area contributed by atoms with E-state index in [1.807, 2.05) is 12.3 Å². The minimum absolute atomic E-state index is 0.157. The van der Waals surface area contributed by atoms with Gasteiger partial charge >= 0.3 is 0 Å². The van der Waals surface area contributed by atoms with E-state index in [0.29, 0.717) is 0 Å². The topological polar surface area (TPSA) is 37.8 Å². The van der Waals surface area contributed by atoms with Gasteiger partial charge in [0.1, 0.15) is 0 Å². The van der Waals surface area contributed by atoms with E-state index in [0.717, 1.165) is 18.5 Å². The molecule has 1 N–H and O–H groups in total. The van der Waals surface area contributed by atoms with Crippen molar-refractivity contribution in [2.45, 2.75) is 19.4 Å². The van der Waals surface area contributed by atoms with E-state index in [2.05, 4.69) is 64.9 Å². The Kier molecular flexibility index (Phi) is 4.22. The average Bonchev–Trinajstić information content (AvgIpc) is 2.56. The third-order valence-corrected chi connectivity index (χ3v) is 3.65. The van der Waals surface area contributed by atoms with Crippen molar-refractivity contribution in [3.05, 3.63) is 72.1 Å². The molecule has 3 heteroatoms. The van der Waals surface area contributed by atoms with E-state index in [1.165, 1.54) is 16.3 Å². The van der Waals surface area contributed by atoms with Crippen LogP contribution in [0.3, 0.4) is 0 Å². The number of nitrogens with one attached hydrogen (secondary N) is 1. The molecule has 1 aromatic heterocycles. The molecule has 3 nitrogen and oxygen atoms in total. The Morgan fingerprint density at radius 2 is 1.81 bits per heavy atom. The molecule has 21 heavy (non-hydrogen) atoms. The number of hydrogen-bond donors (Lipinski definition) is 1. The summed E-state index contributed by atoms with van der Waals surface area (Å²) in [6.07, 6.45) is 4.68. The Balaban J connectivity index is 2.01. The number of benzene rings is 2. The van der Waals surface area contributed by atoms with Gasteiger partial charge in [0.25, 0.3) is 0 Å².